The van der Waals surface area contributed by atoms with Crippen molar-refractivity contribution in [3.63, 3.8) is 0 Å². The first-order valence-corrected chi connectivity index (χ1v) is 7.98. The summed E-state index contributed by atoms with van der Waals surface area (Å²) in [5.41, 5.74) is 3.86. The lowest BCUT2D eigenvalue weighted by Gasteiger charge is -2.07. The van der Waals surface area contributed by atoms with Crippen LogP contribution in [-0.2, 0) is 6.42 Å². The van der Waals surface area contributed by atoms with Crippen molar-refractivity contribution in [2.75, 3.05) is 0 Å². The zero-order chi connectivity index (χ0) is 15.9. The zero-order valence-corrected chi connectivity index (χ0v) is 13.5. The van der Waals surface area contributed by atoms with E-state index < -0.39 is 0 Å². The van der Waals surface area contributed by atoms with Crippen LogP contribution in [0.4, 0.5) is 4.39 Å². The van der Waals surface area contributed by atoms with Crippen molar-refractivity contribution in [3.05, 3.63) is 46.3 Å². The molecule has 0 unspecified atom stereocenters. The second-order valence-corrected chi connectivity index (χ2v) is 6.75. The number of fused-ring (bicyclic) bond motifs is 1. The summed E-state index contributed by atoms with van der Waals surface area (Å²) in [6.07, 6.45) is 0.319. The highest BCUT2D eigenvalue weighted by molar-refractivity contribution is 7.17. The monoisotopic (exact) mass is 313 g/mol. The smallest absolute Gasteiger partial charge is 0.194 e. The van der Waals surface area contributed by atoms with E-state index >= 15 is 0 Å². The summed E-state index contributed by atoms with van der Waals surface area (Å²) in [7, 11) is 0. The number of halogens is 1. The second kappa shape index (κ2) is 5.54. The number of nitrogens with zero attached hydrogens (tertiary/aromatic N) is 3. The number of benzene rings is 1. The summed E-state index contributed by atoms with van der Waals surface area (Å²) in [6, 6.07) is 8.71. The number of thiazole rings is 1. The molecule has 0 atom stereocenters. The lowest BCUT2D eigenvalue weighted by molar-refractivity contribution is 0.628. The zero-order valence-electron chi connectivity index (χ0n) is 12.7. The van der Waals surface area contributed by atoms with Gasteiger partial charge in [-0.3, -0.25) is 4.40 Å². The highest BCUT2D eigenvalue weighted by atomic mass is 32.1. The molecule has 3 rings (SSSR count). The molecule has 0 radical (unpaired) electrons. The molecular weight excluding hydrogens is 297 g/mol. The van der Waals surface area contributed by atoms with Gasteiger partial charge in [-0.25, -0.2) is 9.37 Å². The van der Waals surface area contributed by atoms with E-state index in [-0.39, 0.29) is 11.7 Å². The van der Waals surface area contributed by atoms with Crippen molar-refractivity contribution in [1.29, 1.82) is 5.26 Å². The van der Waals surface area contributed by atoms with Crippen molar-refractivity contribution >= 4 is 16.3 Å². The summed E-state index contributed by atoms with van der Waals surface area (Å²) >= 11 is 1.60. The van der Waals surface area contributed by atoms with Crippen LogP contribution in [0, 0.1) is 24.1 Å². The van der Waals surface area contributed by atoms with Gasteiger partial charge in [0, 0.05) is 4.88 Å². The highest BCUT2D eigenvalue weighted by Crippen LogP contribution is 2.35. The minimum absolute atomic E-state index is 0.251. The van der Waals surface area contributed by atoms with E-state index in [0.29, 0.717) is 6.42 Å². The van der Waals surface area contributed by atoms with Gasteiger partial charge in [-0.15, -0.1) is 11.3 Å². The predicted molar refractivity (Wildman–Crippen MR) is 86.6 cm³/mol. The summed E-state index contributed by atoms with van der Waals surface area (Å²) < 4.78 is 15.3. The van der Waals surface area contributed by atoms with Crippen LogP contribution in [0.2, 0.25) is 0 Å². The molecule has 3 nitrogen and oxygen atoms in total. The Labute approximate surface area is 132 Å². The van der Waals surface area contributed by atoms with Gasteiger partial charge in [0.1, 0.15) is 5.82 Å². The first kappa shape index (κ1) is 14.7. The maximum atomic E-state index is 13.2. The fourth-order valence-corrected chi connectivity index (χ4v) is 3.75. The maximum absolute atomic E-state index is 13.2. The number of rotatable bonds is 3. The molecule has 22 heavy (non-hydrogen) atoms. The maximum Gasteiger partial charge on any atom is 0.194 e. The van der Waals surface area contributed by atoms with Gasteiger partial charge in [-0.1, -0.05) is 13.8 Å². The molecule has 112 valence electrons. The minimum atomic E-state index is -0.251. The number of aromatic nitrogens is 2. The van der Waals surface area contributed by atoms with Gasteiger partial charge in [0.15, 0.2) is 4.96 Å². The van der Waals surface area contributed by atoms with Crippen LogP contribution in [-0.4, -0.2) is 9.38 Å². The molecule has 0 aliphatic heterocycles. The van der Waals surface area contributed by atoms with Gasteiger partial charge in [-0.05, 0) is 42.7 Å². The SMILES string of the molecule is Cc1sc2nc(C(C)C)c(CC#N)n2c1-c1ccc(F)cc1. The Morgan fingerprint density at radius 2 is 2.00 bits per heavy atom. The minimum Gasteiger partial charge on any atom is -0.286 e. The van der Waals surface area contributed by atoms with Gasteiger partial charge in [0.05, 0.1) is 29.6 Å². The van der Waals surface area contributed by atoms with Crippen LogP contribution < -0.4 is 0 Å². The Balaban J connectivity index is 2.32. The normalized spacial score (nSPS) is 11.3. The van der Waals surface area contributed by atoms with Crippen molar-refractivity contribution in [2.24, 2.45) is 0 Å². The van der Waals surface area contributed by atoms with Crippen LogP contribution in [0.5, 0.6) is 0 Å². The predicted octanol–water partition coefficient (Wildman–Crippen LogP) is 4.70. The molecule has 0 saturated heterocycles. The quantitative estimate of drug-likeness (QED) is 0.703. The molecule has 2 aromatic heterocycles. The first-order chi connectivity index (χ1) is 10.5. The molecular formula is C17H16FN3S. The fraction of sp³-hybridized carbons (Fsp3) is 0.294. The van der Waals surface area contributed by atoms with Crippen LogP contribution in [0.25, 0.3) is 16.2 Å². The largest absolute Gasteiger partial charge is 0.286 e. The second-order valence-electron chi connectivity index (χ2n) is 5.57. The third-order valence-corrected chi connectivity index (χ3v) is 4.64. The molecule has 0 amide bonds. The molecule has 0 aliphatic rings. The topological polar surface area (TPSA) is 41.1 Å². The highest BCUT2D eigenvalue weighted by Gasteiger charge is 2.21. The lowest BCUT2D eigenvalue weighted by atomic mass is 10.1. The van der Waals surface area contributed by atoms with Crippen molar-refractivity contribution < 1.29 is 4.39 Å². The molecule has 5 heteroatoms. The molecule has 0 fully saturated rings. The van der Waals surface area contributed by atoms with E-state index in [2.05, 4.69) is 24.3 Å². The Bertz CT molecular complexity index is 866. The van der Waals surface area contributed by atoms with Crippen LogP contribution in [0.3, 0.4) is 0 Å². The molecule has 2 heterocycles. The molecule has 3 aromatic rings. The van der Waals surface area contributed by atoms with Gasteiger partial charge in [0.2, 0.25) is 0 Å². The van der Waals surface area contributed by atoms with Crippen LogP contribution in [0.1, 0.15) is 36.0 Å². The van der Waals surface area contributed by atoms with Crippen LogP contribution >= 0.6 is 11.3 Å². The van der Waals surface area contributed by atoms with E-state index in [1.807, 2.05) is 6.92 Å². The Hall–Kier alpha value is -2.19. The summed E-state index contributed by atoms with van der Waals surface area (Å²) in [5, 5.41) is 9.17. The van der Waals surface area contributed by atoms with Crippen molar-refractivity contribution in [1.82, 2.24) is 9.38 Å². The molecule has 0 spiro atoms. The van der Waals surface area contributed by atoms with Gasteiger partial charge in [-0.2, -0.15) is 5.26 Å². The Kier molecular flexibility index (Phi) is 3.71. The average molecular weight is 313 g/mol. The number of aryl methyl sites for hydroxylation is 1. The number of hydrogen-bond donors (Lipinski definition) is 0. The van der Waals surface area contributed by atoms with E-state index in [1.54, 1.807) is 23.5 Å². The molecule has 0 bridgehead atoms. The lowest BCUT2D eigenvalue weighted by Crippen LogP contribution is -1.99. The molecule has 0 aliphatic carbocycles. The number of nitriles is 1. The number of hydrogen-bond acceptors (Lipinski definition) is 3. The Morgan fingerprint density at radius 3 is 2.59 bits per heavy atom. The standard InChI is InChI=1S/C17H16FN3S/c1-10(2)15-14(8-9-19)21-16(11(3)22-17(21)20-15)12-4-6-13(18)7-5-12/h4-7,10H,8H2,1-3H3. The van der Waals surface area contributed by atoms with Crippen molar-refractivity contribution in [3.8, 4) is 17.3 Å². The van der Waals surface area contributed by atoms with Crippen LogP contribution in [0.15, 0.2) is 24.3 Å². The summed E-state index contributed by atoms with van der Waals surface area (Å²) in [4.78, 5) is 6.72. The molecule has 1 aromatic carbocycles. The van der Waals surface area contributed by atoms with E-state index in [1.165, 1.54) is 12.1 Å². The summed E-state index contributed by atoms with van der Waals surface area (Å²) in [5.74, 6) is 0.00968. The molecule has 0 saturated carbocycles. The third-order valence-electron chi connectivity index (χ3n) is 3.69. The fourth-order valence-electron chi connectivity index (χ4n) is 2.74. The van der Waals surface area contributed by atoms with E-state index in [0.717, 1.165) is 32.5 Å². The molecule has 0 N–H and O–H groups in total. The van der Waals surface area contributed by atoms with E-state index in [4.69, 9.17) is 4.98 Å². The van der Waals surface area contributed by atoms with E-state index in [9.17, 15) is 9.65 Å². The van der Waals surface area contributed by atoms with Gasteiger partial charge in [0.25, 0.3) is 0 Å². The Morgan fingerprint density at radius 1 is 1.32 bits per heavy atom. The van der Waals surface area contributed by atoms with Crippen molar-refractivity contribution in [2.45, 2.75) is 33.1 Å². The van der Waals surface area contributed by atoms with Gasteiger partial charge < -0.3 is 0 Å². The van der Waals surface area contributed by atoms with Gasteiger partial charge >= 0.3 is 0 Å². The summed E-state index contributed by atoms with van der Waals surface area (Å²) in [6.45, 7) is 6.19. The number of imidazole rings is 1. The average Bonchev–Trinajstić information content (AvgIpc) is 2.96. The first-order valence-electron chi connectivity index (χ1n) is 7.16. The third kappa shape index (κ3) is 2.30.